The third-order valence-electron chi connectivity index (χ3n) is 7.09. The van der Waals surface area contributed by atoms with Crippen LogP contribution in [0, 0.1) is 17.8 Å². The van der Waals surface area contributed by atoms with Crippen LogP contribution in [-0.2, 0) is 16.0 Å². The van der Waals surface area contributed by atoms with Crippen LogP contribution in [0.2, 0.25) is 0 Å². The number of anilines is 1. The Morgan fingerprint density at radius 3 is 2.53 bits per heavy atom. The van der Waals surface area contributed by atoms with Crippen molar-refractivity contribution in [2.45, 2.75) is 51.4 Å². The molecule has 1 atom stereocenters. The van der Waals surface area contributed by atoms with Crippen LogP contribution in [0.15, 0.2) is 36.4 Å². The maximum absolute atomic E-state index is 12.6. The zero-order valence-corrected chi connectivity index (χ0v) is 17.9. The number of nitrogens with one attached hydrogen (secondary N) is 2. The number of rotatable bonds is 7. The molecule has 4 rings (SSSR count). The summed E-state index contributed by atoms with van der Waals surface area (Å²) in [4.78, 5) is 27.3. The summed E-state index contributed by atoms with van der Waals surface area (Å²) in [5, 5.41) is 6.32. The lowest BCUT2D eigenvalue weighted by atomic mass is 9.81. The molecule has 1 fully saturated rings. The van der Waals surface area contributed by atoms with Crippen LogP contribution >= 0.6 is 0 Å². The van der Waals surface area contributed by atoms with Crippen LogP contribution in [0.4, 0.5) is 5.69 Å². The second kappa shape index (κ2) is 10.1. The van der Waals surface area contributed by atoms with E-state index in [1.165, 1.54) is 11.3 Å². The molecule has 5 heteroatoms. The Morgan fingerprint density at radius 2 is 1.73 bits per heavy atom. The summed E-state index contributed by atoms with van der Waals surface area (Å²) in [7, 11) is 0. The van der Waals surface area contributed by atoms with Gasteiger partial charge in [-0.1, -0.05) is 30.4 Å². The van der Waals surface area contributed by atoms with Crippen LogP contribution in [0.25, 0.3) is 0 Å². The predicted octanol–water partition coefficient (Wildman–Crippen LogP) is 3.44. The molecule has 1 heterocycles. The fraction of sp³-hybridized carbons (Fsp3) is 0.600. The van der Waals surface area contributed by atoms with Gasteiger partial charge in [0, 0.05) is 43.7 Å². The van der Waals surface area contributed by atoms with Crippen LogP contribution in [0.1, 0.15) is 50.5 Å². The summed E-state index contributed by atoms with van der Waals surface area (Å²) in [6.45, 7) is 3.39. The van der Waals surface area contributed by atoms with Gasteiger partial charge < -0.3 is 15.5 Å². The molecule has 0 unspecified atom stereocenters. The third-order valence-corrected chi connectivity index (χ3v) is 7.09. The average Bonchev–Trinajstić information content (AvgIpc) is 3.21. The van der Waals surface area contributed by atoms with Crippen molar-refractivity contribution in [3.8, 4) is 0 Å². The number of hydrogen-bond acceptors (Lipinski definition) is 3. The average molecular weight is 410 g/mol. The SMILES string of the molecule is O=C(NCCN1CCc2ccccc21)C1CCC(CNC(=O)[C@@H]2CC=CCC2)CC1. The molecule has 5 nitrogen and oxygen atoms in total. The van der Waals surface area contributed by atoms with Gasteiger partial charge >= 0.3 is 0 Å². The maximum Gasteiger partial charge on any atom is 0.223 e. The van der Waals surface area contributed by atoms with Crippen molar-refractivity contribution in [3.05, 3.63) is 42.0 Å². The monoisotopic (exact) mass is 409 g/mol. The van der Waals surface area contributed by atoms with Crippen molar-refractivity contribution in [2.75, 3.05) is 31.1 Å². The lowest BCUT2D eigenvalue weighted by Gasteiger charge is -2.29. The van der Waals surface area contributed by atoms with E-state index in [-0.39, 0.29) is 23.7 Å². The molecule has 0 radical (unpaired) electrons. The molecule has 30 heavy (non-hydrogen) atoms. The first-order chi connectivity index (χ1) is 14.7. The van der Waals surface area contributed by atoms with E-state index in [2.05, 4.69) is 52.0 Å². The van der Waals surface area contributed by atoms with Crippen LogP contribution in [-0.4, -0.2) is 38.0 Å². The smallest absolute Gasteiger partial charge is 0.223 e. The van der Waals surface area contributed by atoms with E-state index in [0.29, 0.717) is 12.5 Å². The Kier molecular flexibility index (Phi) is 7.08. The molecule has 1 aliphatic heterocycles. The van der Waals surface area contributed by atoms with Crippen molar-refractivity contribution in [3.63, 3.8) is 0 Å². The number of carbonyl (C=O) groups is 2. The number of hydrogen-bond donors (Lipinski definition) is 2. The summed E-state index contributed by atoms with van der Waals surface area (Å²) in [6, 6.07) is 8.55. The topological polar surface area (TPSA) is 61.4 Å². The summed E-state index contributed by atoms with van der Waals surface area (Å²) < 4.78 is 0. The quantitative estimate of drug-likeness (QED) is 0.678. The first-order valence-electron chi connectivity index (χ1n) is 11.7. The highest BCUT2D eigenvalue weighted by Crippen LogP contribution is 2.29. The van der Waals surface area contributed by atoms with Gasteiger partial charge in [-0.3, -0.25) is 9.59 Å². The van der Waals surface area contributed by atoms with Gasteiger partial charge in [-0.25, -0.2) is 0 Å². The van der Waals surface area contributed by atoms with Gasteiger partial charge in [0.25, 0.3) is 0 Å². The van der Waals surface area contributed by atoms with Gasteiger partial charge in [0.1, 0.15) is 0 Å². The molecular weight excluding hydrogens is 374 g/mol. The van der Waals surface area contributed by atoms with Crippen molar-refractivity contribution in [2.24, 2.45) is 17.8 Å². The molecule has 0 bridgehead atoms. The molecule has 162 valence electrons. The van der Waals surface area contributed by atoms with Gasteiger partial charge in [-0.2, -0.15) is 0 Å². The molecule has 0 spiro atoms. The molecule has 2 N–H and O–H groups in total. The minimum atomic E-state index is 0.131. The van der Waals surface area contributed by atoms with E-state index < -0.39 is 0 Å². The molecule has 2 aliphatic carbocycles. The van der Waals surface area contributed by atoms with Crippen molar-refractivity contribution in [1.29, 1.82) is 0 Å². The molecule has 2 amide bonds. The number of para-hydroxylation sites is 1. The number of allylic oxidation sites excluding steroid dienone is 2. The number of amides is 2. The Labute approximate surface area is 180 Å². The number of carbonyl (C=O) groups excluding carboxylic acids is 2. The van der Waals surface area contributed by atoms with Crippen LogP contribution < -0.4 is 15.5 Å². The van der Waals surface area contributed by atoms with Gasteiger partial charge in [0.15, 0.2) is 0 Å². The van der Waals surface area contributed by atoms with Gasteiger partial charge in [-0.15, -0.1) is 0 Å². The van der Waals surface area contributed by atoms with E-state index in [1.54, 1.807) is 0 Å². The Balaban J connectivity index is 1.12. The predicted molar refractivity (Wildman–Crippen MR) is 120 cm³/mol. The van der Waals surface area contributed by atoms with Crippen LogP contribution in [0.3, 0.4) is 0 Å². The fourth-order valence-electron chi connectivity index (χ4n) is 5.15. The highest BCUT2D eigenvalue weighted by atomic mass is 16.2. The number of benzene rings is 1. The van der Waals surface area contributed by atoms with E-state index in [9.17, 15) is 9.59 Å². The zero-order chi connectivity index (χ0) is 20.8. The molecule has 3 aliphatic rings. The largest absolute Gasteiger partial charge is 0.369 e. The number of fused-ring (bicyclic) bond motifs is 1. The highest BCUT2D eigenvalue weighted by Gasteiger charge is 2.27. The minimum absolute atomic E-state index is 0.131. The molecular formula is C25H35N3O2. The van der Waals surface area contributed by atoms with E-state index >= 15 is 0 Å². The third kappa shape index (κ3) is 5.24. The summed E-state index contributed by atoms with van der Waals surface area (Å²) in [5.74, 6) is 1.21. The summed E-state index contributed by atoms with van der Waals surface area (Å²) >= 11 is 0. The normalized spacial score (nSPS) is 25.6. The molecule has 1 aromatic rings. The zero-order valence-electron chi connectivity index (χ0n) is 17.9. The number of nitrogens with zero attached hydrogens (tertiary/aromatic N) is 1. The Morgan fingerprint density at radius 1 is 0.933 bits per heavy atom. The fourth-order valence-corrected chi connectivity index (χ4v) is 5.15. The van der Waals surface area contributed by atoms with Crippen molar-refractivity contribution in [1.82, 2.24) is 10.6 Å². The Bertz CT molecular complexity index is 767. The second-order valence-electron chi connectivity index (χ2n) is 9.10. The Hall–Kier alpha value is -2.30. The maximum atomic E-state index is 12.6. The molecule has 0 saturated heterocycles. The minimum Gasteiger partial charge on any atom is -0.369 e. The van der Waals surface area contributed by atoms with E-state index in [1.807, 2.05) is 0 Å². The second-order valence-corrected chi connectivity index (χ2v) is 9.10. The van der Waals surface area contributed by atoms with Gasteiger partial charge in [-0.05, 0) is 68.9 Å². The van der Waals surface area contributed by atoms with Crippen molar-refractivity contribution < 1.29 is 9.59 Å². The highest BCUT2D eigenvalue weighted by molar-refractivity contribution is 5.79. The van der Waals surface area contributed by atoms with Gasteiger partial charge in [0.2, 0.25) is 11.8 Å². The standard InChI is InChI=1S/C25H35N3O2/c29-24(26-15-17-28-16-14-20-6-4-5-9-23(20)28)22-12-10-19(11-13-22)18-27-25(30)21-7-2-1-3-8-21/h1-2,4-6,9,19,21-22H,3,7-8,10-18H2,(H,26,29)(H,27,30)/t19?,21-,22?/m1/s1. The lowest BCUT2D eigenvalue weighted by molar-refractivity contribution is -0.127. The molecule has 1 saturated carbocycles. The van der Waals surface area contributed by atoms with Crippen LogP contribution in [0.5, 0.6) is 0 Å². The van der Waals surface area contributed by atoms with E-state index in [0.717, 1.165) is 71.0 Å². The lowest BCUT2D eigenvalue weighted by Crippen LogP contribution is -2.40. The first kappa shape index (κ1) is 21.0. The summed E-state index contributed by atoms with van der Waals surface area (Å²) in [5.41, 5.74) is 2.73. The van der Waals surface area contributed by atoms with Gasteiger partial charge in [0.05, 0.1) is 0 Å². The molecule has 0 aromatic heterocycles. The van der Waals surface area contributed by atoms with E-state index in [4.69, 9.17) is 0 Å². The first-order valence-corrected chi connectivity index (χ1v) is 11.7. The summed E-state index contributed by atoms with van der Waals surface area (Å²) in [6.07, 6.45) is 12.2. The molecule has 1 aromatic carbocycles. The van der Waals surface area contributed by atoms with Crippen molar-refractivity contribution >= 4 is 17.5 Å².